The van der Waals surface area contributed by atoms with Gasteiger partial charge in [0.15, 0.2) is 5.78 Å². The van der Waals surface area contributed by atoms with Gasteiger partial charge >= 0.3 is 0 Å². The van der Waals surface area contributed by atoms with Crippen LogP contribution in [-0.4, -0.2) is 5.78 Å². The van der Waals surface area contributed by atoms with E-state index in [2.05, 4.69) is 19.9 Å². The molecular formula is C14H18O. The van der Waals surface area contributed by atoms with Gasteiger partial charge in [-0.05, 0) is 37.8 Å². The Morgan fingerprint density at radius 3 is 2.53 bits per heavy atom. The minimum absolute atomic E-state index is 0.297. The molecule has 0 unspecified atom stereocenters. The number of rotatable bonds is 2. The lowest BCUT2D eigenvalue weighted by Gasteiger charge is -2.11. The van der Waals surface area contributed by atoms with Crippen molar-refractivity contribution in [3.05, 3.63) is 34.9 Å². The summed E-state index contributed by atoms with van der Waals surface area (Å²) < 4.78 is 0. The van der Waals surface area contributed by atoms with Crippen molar-refractivity contribution >= 4 is 5.78 Å². The van der Waals surface area contributed by atoms with E-state index in [1.54, 1.807) is 0 Å². The minimum atomic E-state index is 0.297. The maximum Gasteiger partial charge on any atom is 0.166 e. The summed E-state index contributed by atoms with van der Waals surface area (Å²) in [5.74, 6) is 0.666. The minimum Gasteiger partial charge on any atom is -0.294 e. The molecule has 1 heteroatoms. The van der Waals surface area contributed by atoms with Crippen molar-refractivity contribution < 1.29 is 4.79 Å². The summed E-state index contributed by atoms with van der Waals surface area (Å²) >= 11 is 0. The molecule has 0 bridgehead atoms. The Balaban J connectivity index is 2.28. The predicted molar refractivity (Wildman–Crippen MR) is 62.2 cm³/mol. The Kier molecular flexibility index (Phi) is 2.90. The van der Waals surface area contributed by atoms with Crippen molar-refractivity contribution in [2.45, 2.75) is 39.5 Å². The summed E-state index contributed by atoms with van der Waals surface area (Å²) in [5.41, 5.74) is 3.33. The van der Waals surface area contributed by atoms with Crippen molar-refractivity contribution in [3.8, 4) is 0 Å². The molecule has 0 heterocycles. The maximum absolute atomic E-state index is 12.2. The number of hydrogen-bond acceptors (Lipinski definition) is 1. The fraction of sp³-hybridized carbons (Fsp3) is 0.500. The zero-order valence-electron chi connectivity index (χ0n) is 9.55. The zero-order chi connectivity index (χ0) is 10.8. The summed E-state index contributed by atoms with van der Waals surface area (Å²) in [6, 6.07) is 6.04. The Morgan fingerprint density at radius 2 is 1.87 bits per heavy atom. The molecule has 1 aliphatic rings. The van der Waals surface area contributed by atoms with E-state index in [9.17, 15) is 4.79 Å². The van der Waals surface area contributed by atoms with Crippen molar-refractivity contribution in [1.82, 2.24) is 0 Å². The highest BCUT2D eigenvalue weighted by atomic mass is 16.1. The number of ketones is 1. The molecule has 1 nitrogen and oxygen atoms in total. The Bertz CT molecular complexity index is 373. The second kappa shape index (κ2) is 4.18. The van der Waals surface area contributed by atoms with Gasteiger partial charge in [0.1, 0.15) is 0 Å². The third kappa shape index (κ3) is 1.97. The summed E-state index contributed by atoms with van der Waals surface area (Å²) in [5, 5.41) is 0. The molecule has 0 atom stereocenters. The highest BCUT2D eigenvalue weighted by Gasteiger charge is 2.24. The molecule has 0 radical (unpaired) electrons. The predicted octanol–water partition coefficient (Wildman–Crippen LogP) is 3.68. The van der Waals surface area contributed by atoms with Crippen LogP contribution in [0.5, 0.6) is 0 Å². The highest BCUT2D eigenvalue weighted by Crippen LogP contribution is 2.29. The van der Waals surface area contributed by atoms with Gasteiger partial charge in [-0.1, -0.05) is 31.0 Å². The summed E-state index contributed by atoms with van der Waals surface area (Å²) in [4.78, 5) is 12.2. The number of carbonyl (C=O) groups excluding carboxylic acids is 1. The third-order valence-corrected chi connectivity index (χ3v) is 3.60. The lowest BCUT2D eigenvalue weighted by atomic mass is 9.92. The number of hydrogen-bond donors (Lipinski definition) is 0. The smallest absolute Gasteiger partial charge is 0.166 e. The van der Waals surface area contributed by atoms with Gasteiger partial charge in [0.25, 0.3) is 0 Å². The molecule has 1 aromatic rings. The molecule has 1 aliphatic carbocycles. The van der Waals surface area contributed by atoms with Crippen molar-refractivity contribution in [2.24, 2.45) is 5.92 Å². The van der Waals surface area contributed by atoms with Crippen LogP contribution in [0.3, 0.4) is 0 Å². The Labute approximate surface area is 91.5 Å². The molecule has 0 aromatic heterocycles. The average molecular weight is 202 g/mol. The number of aryl methyl sites for hydroxylation is 1. The van der Waals surface area contributed by atoms with Crippen LogP contribution >= 0.6 is 0 Å². The molecule has 0 saturated heterocycles. The second-order valence-corrected chi connectivity index (χ2v) is 4.59. The number of carbonyl (C=O) groups is 1. The van der Waals surface area contributed by atoms with Gasteiger partial charge in [0.05, 0.1) is 0 Å². The normalized spacial score (nSPS) is 16.9. The van der Waals surface area contributed by atoms with Crippen LogP contribution in [0.4, 0.5) is 0 Å². The molecule has 15 heavy (non-hydrogen) atoms. The molecule has 0 aliphatic heterocycles. The van der Waals surface area contributed by atoms with Crippen LogP contribution in [0.15, 0.2) is 18.2 Å². The lowest BCUT2D eigenvalue weighted by molar-refractivity contribution is 0.0922. The Morgan fingerprint density at radius 1 is 1.20 bits per heavy atom. The van der Waals surface area contributed by atoms with E-state index in [0.717, 1.165) is 24.0 Å². The van der Waals surface area contributed by atoms with Gasteiger partial charge in [0, 0.05) is 11.5 Å². The van der Waals surface area contributed by atoms with Gasteiger partial charge in [-0.3, -0.25) is 4.79 Å². The van der Waals surface area contributed by atoms with Crippen molar-refractivity contribution in [1.29, 1.82) is 0 Å². The Hall–Kier alpha value is -1.11. The largest absolute Gasteiger partial charge is 0.294 e. The molecule has 0 amide bonds. The average Bonchev–Trinajstić information content (AvgIpc) is 2.74. The topological polar surface area (TPSA) is 17.1 Å². The first-order valence-electron chi connectivity index (χ1n) is 5.80. The van der Waals surface area contributed by atoms with Crippen LogP contribution in [0.2, 0.25) is 0 Å². The van der Waals surface area contributed by atoms with E-state index in [0.29, 0.717) is 11.7 Å². The van der Waals surface area contributed by atoms with Gasteiger partial charge in [-0.15, -0.1) is 0 Å². The van der Waals surface area contributed by atoms with Crippen LogP contribution in [0.1, 0.15) is 47.2 Å². The first-order chi connectivity index (χ1) is 7.20. The van der Waals surface area contributed by atoms with E-state index in [1.807, 2.05) is 12.1 Å². The second-order valence-electron chi connectivity index (χ2n) is 4.59. The first-order valence-corrected chi connectivity index (χ1v) is 5.80. The van der Waals surface area contributed by atoms with E-state index >= 15 is 0 Å². The number of Topliss-reactive ketones (excluding diaryl/α,β-unsaturated/α-hetero) is 1. The van der Waals surface area contributed by atoms with Crippen molar-refractivity contribution in [3.63, 3.8) is 0 Å². The third-order valence-electron chi connectivity index (χ3n) is 3.60. The molecule has 80 valence electrons. The van der Waals surface area contributed by atoms with Gasteiger partial charge in [-0.25, -0.2) is 0 Å². The molecule has 0 N–H and O–H groups in total. The fourth-order valence-corrected chi connectivity index (χ4v) is 2.43. The first kappa shape index (κ1) is 10.4. The molecular weight excluding hydrogens is 184 g/mol. The van der Waals surface area contributed by atoms with E-state index < -0.39 is 0 Å². The molecule has 1 fully saturated rings. The van der Waals surface area contributed by atoms with Gasteiger partial charge in [-0.2, -0.15) is 0 Å². The van der Waals surface area contributed by atoms with E-state index in [4.69, 9.17) is 0 Å². The van der Waals surface area contributed by atoms with E-state index in [1.165, 1.54) is 18.4 Å². The standard InChI is InChI=1S/C14H18O/c1-10-6-5-9-13(11(10)2)14(15)12-7-3-4-8-12/h5-6,9,12H,3-4,7-8H2,1-2H3. The fourth-order valence-electron chi connectivity index (χ4n) is 2.43. The quantitative estimate of drug-likeness (QED) is 0.669. The SMILES string of the molecule is Cc1cccc(C(=O)C2CCCC2)c1C. The van der Waals surface area contributed by atoms with E-state index in [-0.39, 0.29) is 0 Å². The molecule has 2 rings (SSSR count). The van der Waals surface area contributed by atoms with Crippen LogP contribution < -0.4 is 0 Å². The monoisotopic (exact) mass is 202 g/mol. The zero-order valence-corrected chi connectivity index (χ0v) is 9.55. The van der Waals surface area contributed by atoms with Crippen LogP contribution in [0, 0.1) is 19.8 Å². The number of benzene rings is 1. The molecule has 1 aromatic carbocycles. The lowest BCUT2D eigenvalue weighted by Crippen LogP contribution is -2.12. The van der Waals surface area contributed by atoms with Crippen molar-refractivity contribution in [2.75, 3.05) is 0 Å². The van der Waals surface area contributed by atoms with Gasteiger partial charge in [0.2, 0.25) is 0 Å². The summed E-state index contributed by atoms with van der Waals surface area (Å²) in [7, 11) is 0. The van der Waals surface area contributed by atoms with Crippen LogP contribution in [0.25, 0.3) is 0 Å². The maximum atomic E-state index is 12.2. The molecule has 1 saturated carbocycles. The summed E-state index contributed by atoms with van der Waals surface area (Å²) in [6.07, 6.45) is 4.63. The molecule has 0 spiro atoms. The summed E-state index contributed by atoms with van der Waals surface area (Å²) in [6.45, 7) is 4.12. The van der Waals surface area contributed by atoms with Gasteiger partial charge < -0.3 is 0 Å². The van der Waals surface area contributed by atoms with Crippen LogP contribution in [-0.2, 0) is 0 Å². The highest BCUT2D eigenvalue weighted by molar-refractivity contribution is 5.99.